The first-order chi connectivity index (χ1) is 17.4. The summed E-state index contributed by atoms with van der Waals surface area (Å²) < 4.78 is 33.7. The van der Waals surface area contributed by atoms with Crippen molar-refractivity contribution in [3.8, 4) is 5.75 Å². The van der Waals surface area contributed by atoms with Crippen molar-refractivity contribution in [3.05, 3.63) is 53.2 Å². The molecule has 2 aliphatic heterocycles. The predicted octanol–water partition coefficient (Wildman–Crippen LogP) is 2.99. The molecule has 2 fully saturated rings. The number of sulfonamides is 1. The quantitative estimate of drug-likeness (QED) is 0.610. The molecule has 3 N–H and O–H groups in total. The third-order valence-electron chi connectivity index (χ3n) is 7.17. The van der Waals surface area contributed by atoms with E-state index in [1.807, 2.05) is 12.1 Å². The zero-order valence-electron chi connectivity index (χ0n) is 20.4. The SMILES string of the molecule is NC1=NS(=O)(=O)Cc2cccc(OC[C@H]3CCCN(c4cccc(C(=O)NC5CCCCC5)n4)C3)c21. The number of nitrogens with one attached hydrogen (secondary N) is 1. The van der Waals surface area contributed by atoms with Crippen LogP contribution in [0, 0.1) is 5.92 Å². The van der Waals surface area contributed by atoms with Crippen LogP contribution in [-0.4, -0.2) is 50.9 Å². The van der Waals surface area contributed by atoms with E-state index >= 15 is 0 Å². The summed E-state index contributed by atoms with van der Waals surface area (Å²) in [7, 11) is -3.59. The van der Waals surface area contributed by atoms with Crippen LogP contribution in [0.4, 0.5) is 5.82 Å². The Morgan fingerprint density at radius 3 is 2.72 bits per heavy atom. The van der Waals surface area contributed by atoms with Crippen molar-refractivity contribution in [1.29, 1.82) is 0 Å². The first kappa shape index (κ1) is 24.5. The number of nitrogens with zero attached hydrogens (tertiary/aromatic N) is 3. The molecule has 1 saturated heterocycles. The van der Waals surface area contributed by atoms with Gasteiger partial charge in [0.15, 0.2) is 0 Å². The lowest BCUT2D eigenvalue weighted by Crippen LogP contribution is -2.39. The van der Waals surface area contributed by atoms with Crippen LogP contribution in [0.25, 0.3) is 0 Å². The van der Waals surface area contributed by atoms with Crippen molar-refractivity contribution in [1.82, 2.24) is 10.3 Å². The summed E-state index contributed by atoms with van der Waals surface area (Å²) in [6.45, 7) is 2.10. The van der Waals surface area contributed by atoms with Crippen LogP contribution in [0.5, 0.6) is 5.75 Å². The van der Waals surface area contributed by atoms with Gasteiger partial charge in [0, 0.05) is 25.0 Å². The summed E-state index contributed by atoms with van der Waals surface area (Å²) in [4.78, 5) is 19.7. The summed E-state index contributed by atoms with van der Waals surface area (Å²) in [6, 6.07) is 11.2. The number of benzene rings is 1. The number of aromatic nitrogens is 1. The topological polar surface area (TPSA) is 127 Å². The number of ether oxygens (including phenoxy) is 1. The van der Waals surface area contributed by atoms with E-state index in [1.165, 1.54) is 19.3 Å². The Balaban J connectivity index is 1.23. The molecule has 1 amide bonds. The van der Waals surface area contributed by atoms with Gasteiger partial charge in [-0.15, -0.1) is 4.40 Å². The average Bonchev–Trinajstić information content (AvgIpc) is 2.87. The molecule has 2 aromatic rings. The second-order valence-electron chi connectivity index (χ2n) is 9.95. The lowest BCUT2D eigenvalue weighted by Gasteiger charge is -2.34. The molecule has 0 radical (unpaired) electrons. The Morgan fingerprint density at radius 2 is 1.89 bits per heavy atom. The minimum atomic E-state index is -3.59. The van der Waals surface area contributed by atoms with Crippen LogP contribution in [0.1, 0.15) is 66.6 Å². The second kappa shape index (κ2) is 10.5. The highest BCUT2D eigenvalue weighted by atomic mass is 32.2. The first-order valence-electron chi connectivity index (χ1n) is 12.7. The molecule has 192 valence electrons. The minimum Gasteiger partial charge on any atom is -0.492 e. The number of fused-ring (bicyclic) bond motifs is 1. The van der Waals surface area contributed by atoms with Gasteiger partial charge in [0.1, 0.15) is 23.1 Å². The molecular formula is C26H33N5O4S. The summed E-state index contributed by atoms with van der Waals surface area (Å²) in [6.07, 6.45) is 7.65. The number of hydrogen-bond acceptors (Lipinski definition) is 7. The van der Waals surface area contributed by atoms with Gasteiger partial charge in [-0.25, -0.2) is 13.4 Å². The largest absolute Gasteiger partial charge is 0.492 e. The third kappa shape index (κ3) is 5.64. The van der Waals surface area contributed by atoms with Crippen LogP contribution in [-0.2, 0) is 15.8 Å². The van der Waals surface area contributed by atoms with E-state index in [9.17, 15) is 13.2 Å². The molecule has 5 rings (SSSR count). The van der Waals surface area contributed by atoms with Crippen molar-refractivity contribution in [3.63, 3.8) is 0 Å². The highest BCUT2D eigenvalue weighted by molar-refractivity contribution is 7.89. The molecule has 1 saturated carbocycles. The van der Waals surface area contributed by atoms with Crippen LogP contribution in [0.3, 0.4) is 0 Å². The van der Waals surface area contributed by atoms with Crippen LogP contribution in [0.15, 0.2) is 40.8 Å². The number of hydrogen-bond donors (Lipinski definition) is 2. The van der Waals surface area contributed by atoms with Gasteiger partial charge in [-0.2, -0.15) is 0 Å². The van der Waals surface area contributed by atoms with Gasteiger partial charge < -0.3 is 20.7 Å². The lowest BCUT2D eigenvalue weighted by molar-refractivity contribution is 0.0922. The Hall–Kier alpha value is -3.14. The Morgan fingerprint density at radius 1 is 1.08 bits per heavy atom. The second-order valence-corrected chi connectivity index (χ2v) is 11.6. The number of piperidine rings is 1. The molecule has 1 aromatic heterocycles. The van der Waals surface area contributed by atoms with E-state index in [0.717, 1.165) is 44.6 Å². The summed E-state index contributed by atoms with van der Waals surface area (Å²) in [5.74, 6) is 1.31. The highest BCUT2D eigenvalue weighted by Gasteiger charge is 2.27. The van der Waals surface area contributed by atoms with Crippen LogP contribution < -0.4 is 20.7 Å². The van der Waals surface area contributed by atoms with Gasteiger partial charge in [0.25, 0.3) is 15.9 Å². The number of amidine groups is 1. The minimum absolute atomic E-state index is 0.0235. The van der Waals surface area contributed by atoms with Crippen molar-refractivity contribution in [2.45, 2.75) is 56.7 Å². The third-order valence-corrected chi connectivity index (χ3v) is 8.32. The molecule has 1 atom stereocenters. The van der Waals surface area contributed by atoms with Crippen molar-refractivity contribution >= 4 is 27.6 Å². The Labute approximate surface area is 212 Å². The normalized spacial score (nSPS) is 21.8. The average molecular weight is 512 g/mol. The van der Waals surface area contributed by atoms with Gasteiger partial charge in [-0.05, 0) is 49.4 Å². The number of rotatable bonds is 6. The molecule has 1 aliphatic carbocycles. The summed E-state index contributed by atoms with van der Waals surface area (Å²) in [5, 5.41) is 3.15. The fourth-order valence-corrected chi connectivity index (χ4v) is 6.47. The van der Waals surface area contributed by atoms with Crippen molar-refractivity contribution < 1.29 is 17.9 Å². The van der Waals surface area contributed by atoms with Gasteiger partial charge in [-0.1, -0.05) is 37.5 Å². The molecule has 0 unspecified atom stereocenters. The number of pyridine rings is 1. The Kier molecular flexibility index (Phi) is 7.13. The molecule has 3 aliphatic rings. The molecule has 0 bridgehead atoms. The molecule has 1 aromatic carbocycles. The van der Waals surface area contributed by atoms with Crippen LogP contribution in [0.2, 0.25) is 0 Å². The number of amides is 1. The van der Waals surface area contributed by atoms with E-state index in [2.05, 4.69) is 19.6 Å². The van der Waals surface area contributed by atoms with E-state index < -0.39 is 10.0 Å². The maximum atomic E-state index is 12.8. The molecule has 36 heavy (non-hydrogen) atoms. The van der Waals surface area contributed by atoms with Crippen LogP contribution >= 0.6 is 0 Å². The van der Waals surface area contributed by atoms with Gasteiger partial charge >= 0.3 is 0 Å². The molecule has 10 heteroatoms. The molecular weight excluding hydrogens is 478 g/mol. The standard InChI is InChI=1S/C26H33N5O4S/c27-25-24-19(17-36(33,34)30-25)8-4-12-22(24)35-16-18-7-6-14-31(15-18)23-13-5-11-21(29-23)26(32)28-20-9-2-1-3-10-20/h4-5,8,11-13,18,20H,1-3,6-7,9-10,14-17H2,(H2,27,30)(H,28,32)/t18-/m0/s1. The molecule has 0 spiro atoms. The Bertz CT molecular complexity index is 1260. The number of carbonyl (C=O) groups excluding carboxylic acids is 1. The van der Waals surface area contributed by atoms with Gasteiger partial charge in [0.2, 0.25) is 0 Å². The lowest BCUT2D eigenvalue weighted by atomic mass is 9.95. The number of nitrogens with two attached hydrogens (primary N) is 1. The van der Waals surface area contributed by atoms with Gasteiger partial charge in [-0.3, -0.25) is 4.79 Å². The zero-order valence-corrected chi connectivity index (χ0v) is 21.2. The zero-order chi connectivity index (χ0) is 25.1. The van der Waals surface area contributed by atoms with E-state index in [0.29, 0.717) is 29.2 Å². The monoisotopic (exact) mass is 511 g/mol. The molecule has 3 heterocycles. The maximum Gasteiger partial charge on any atom is 0.270 e. The van der Waals surface area contributed by atoms with Crippen molar-refractivity contribution in [2.24, 2.45) is 16.0 Å². The number of carbonyl (C=O) groups is 1. The predicted molar refractivity (Wildman–Crippen MR) is 139 cm³/mol. The maximum absolute atomic E-state index is 12.8. The molecule has 9 nitrogen and oxygen atoms in total. The van der Waals surface area contributed by atoms with Gasteiger partial charge in [0.05, 0.1) is 17.9 Å². The highest BCUT2D eigenvalue weighted by Crippen LogP contribution is 2.29. The van der Waals surface area contributed by atoms with E-state index in [-0.39, 0.29) is 29.5 Å². The fourth-order valence-electron chi connectivity index (χ4n) is 5.38. The summed E-state index contributed by atoms with van der Waals surface area (Å²) in [5.41, 5.74) is 7.60. The summed E-state index contributed by atoms with van der Waals surface area (Å²) >= 11 is 0. The first-order valence-corrected chi connectivity index (χ1v) is 14.3. The fraction of sp³-hybridized carbons (Fsp3) is 0.500. The van der Waals surface area contributed by atoms with E-state index in [4.69, 9.17) is 10.5 Å². The van der Waals surface area contributed by atoms with Crippen molar-refractivity contribution in [2.75, 3.05) is 24.6 Å². The van der Waals surface area contributed by atoms with E-state index in [1.54, 1.807) is 24.3 Å². The number of anilines is 1. The smallest absolute Gasteiger partial charge is 0.270 e.